The average molecular weight is 719 g/mol. The number of methoxy groups -OCH3 is 1. The molecule has 2 amide bonds. The van der Waals surface area contributed by atoms with Crippen LogP contribution in [0, 0.1) is 25.2 Å². The Morgan fingerprint density at radius 2 is 1.52 bits per heavy atom. The summed E-state index contributed by atoms with van der Waals surface area (Å²) in [6.07, 6.45) is 15.7. The van der Waals surface area contributed by atoms with Gasteiger partial charge >= 0.3 is 7.12 Å². The molecule has 1 aliphatic rings. The van der Waals surface area contributed by atoms with Crippen LogP contribution in [0.1, 0.15) is 178 Å². The molecule has 0 aromatic heterocycles. The van der Waals surface area contributed by atoms with Gasteiger partial charge in [-0.05, 0) is 88.5 Å². The number of carbonyl (C=O) groups is 2. The molecule has 1 heterocycles. The molecule has 3 rings (SSSR count). The molecule has 2 aromatic carbocycles. The van der Waals surface area contributed by atoms with E-state index in [9.17, 15) is 9.59 Å². The zero-order valence-electron chi connectivity index (χ0n) is 34.9. The summed E-state index contributed by atoms with van der Waals surface area (Å²) >= 11 is 0. The minimum Gasteiger partial charge on any atom is -0.496 e. The summed E-state index contributed by atoms with van der Waals surface area (Å²) in [5, 5.41) is 1.53. The second-order valence-corrected chi connectivity index (χ2v) is 17.1. The standard InChI is InChI=1S/C44H71BN2O5/c1-13-16-18-19-20-21-22-25-34(24-17-14-2)31-44(11)43(9,10)51-45(52-44)36-29-32(4)28-35(30-36)41(49)47(39(15-3)42(6,7)8)46-40(48)37-26-23-27-38(50-12)33(37)5/h23,26-30,34,39H,13-22,24-25,31H2,1-12H3,(H,46,48)/t34?,39-,44?/m1/s1. The number of amides is 2. The van der Waals surface area contributed by atoms with Crippen LogP contribution in [0.4, 0.5) is 0 Å². The molecule has 0 saturated carbocycles. The molecule has 3 atom stereocenters. The lowest BCUT2D eigenvalue weighted by Gasteiger charge is -2.39. The average Bonchev–Trinajstić information content (AvgIpc) is 3.32. The molecule has 7 nitrogen and oxygen atoms in total. The van der Waals surface area contributed by atoms with Crippen LogP contribution >= 0.6 is 0 Å². The highest BCUT2D eigenvalue weighted by molar-refractivity contribution is 6.62. The van der Waals surface area contributed by atoms with Crippen LogP contribution in [0.2, 0.25) is 0 Å². The molecule has 8 heteroatoms. The van der Waals surface area contributed by atoms with Crippen LogP contribution in [0.5, 0.6) is 5.75 Å². The van der Waals surface area contributed by atoms with E-state index in [0.717, 1.165) is 23.0 Å². The number of carbonyl (C=O) groups excluding carboxylic acids is 2. The Morgan fingerprint density at radius 3 is 2.13 bits per heavy atom. The lowest BCUT2D eigenvalue weighted by atomic mass is 9.76. The van der Waals surface area contributed by atoms with Crippen LogP contribution in [-0.4, -0.2) is 48.3 Å². The molecule has 0 radical (unpaired) electrons. The van der Waals surface area contributed by atoms with Crippen molar-refractivity contribution in [3.8, 4) is 5.75 Å². The van der Waals surface area contributed by atoms with Crippen molar-refractivity contribution in [2.24, 2.45) is 11.3 Å². The van der Waals surface area contributed by atoms with Gasteiger partial charge in [0.15, 0.2) is 0 Å². The van der Waals surface area contributed by atoms with Crippen molar-refractivity contribution in [1.82, 2.24) is 10.4 Å². The lowest BCUT2D eigenvalue weighted by Crippen LogP contribution is -2.56. The fourth-order valence-electron chi connectivity index (χ4n) is 7.92. The van der Waals surface area contributed by atoms with Crippen LogP contribution in [0.25, 0.3) is 0 Å². The summed E-state index contributed by atoms with van der Waals surface area (Å²) < 4.78 is 19.1. The number of hydrogen-bond donors (Lipinski definition) is 1. The molecule has 1 N–H and O–H groups in total. The zero-order chi connectivity index (χ0) is 38.7. The number of benzene rings is 2. The number of unbranched alkanes of at least 4 members (excludes halogenated alkanes) is 7. The van der Waals surface area contributed by atoms with Crippen LogP contribution in [-0.2, 0) is 9.31 Å². The number of aryl methyl sites for hydroxylation is 1. The topological polar surface area (TPSA) is 77.1 Å². The molecular weight excluding hydrogens is 647 g/mol. The Balaban J connectivity index is 1.88. The third-order valence-electron chi connectivity index (χ3n) is 11.4. The Hall–Kier alpha value is -2.84. The van der Waals surface area contributed by atoms with E-state index in [-0.39, 0.29) is 23.3 Å². The van der Waals surface area contributed by atoms with E-state index in [1.807, 2.05) is 39.0 Å². The van der Waals surface area contributed by atoms with E-state index in [1.54, 1.807) is 19.2 Å². The molecule has 2 aromatic rings. The van der Waals surface area contributed by atoms with Crippen molar-refractivity contribution in [1.29, 1.82) is 0 Å². The van der Waals surface area contributed by atoms with E-state index in [4.69, 9.17) is 14.0 Å². The van der Waals surface area contributed by atoms with Crippen molar-refractivity contribution in [2.75, 3.05) is 7.11 Å². The molecular formula is C44H71BN2O5. The first-order valence-electron chi connectivity index (χ1n) is 20.3. The second kappa shape index (κ2) is 19.5. The molecule has 1 fully saturated rings. The van der Waals surface area contributed by atoms with Gasteiger partial charge in [0.25, 0.3) is 11.8 Å². The largest absolute Gasteiger partial charge is 0.496 e. The van der Waals surface area contributed by atoms with Gasteiger partial charge in [0.1, 0.15) is 5.75 Å². The number of hydrazine groups is 1. The highest BCUT2D eigenvalue weighted by atomic mass is 16.7. The van der Waals surface area contributed by atoms with Crippen molar-refractivity contribution in [2.45, 2.75) is 177 Å². The summed E-state index contributed by atoms with van der Waals surface area (Å²) in [4.78, 5) is 28.4. The molecule has 0 bridgehead atoms. The number of nitrogens with zero attached hydrogens (tertiary/aromatic N) is 1. The Morgan fingerprint density at radius 1 is 0.885 bits per heavy atom. The van der Waals surface area contributed by atoms with Crippen molar-refractivity contribution < 1.29 is 23.6 Å². The third-order valence-corrected chi connectivity index (χ3v) is 11.4. The van der Waals surface area contributed by atoms with E-state index < -0.39 is 18.3 Å². The first kappa shape index (κ1) is 43.6. The SMILES string of the molecule is CCCCCCCCCC(CCCC)CC1(C)OB(c2cc(C)cc(C(=O)N(NC(=O)c3cccc(OC)c3C)[C@H](CC)C(C)(C)C)c2)OC1(C)C. The maximum Gasteiger partial charge on any atom is 0.494 e. The summed E-state index contributed by atoms with van der Waals surface area (Å²) in [5.41, 5.74) is 5.11. The maximum absolute atomic E-state index is 14.6. The molecule has 52 heavy (non-hydrogen) atoms. The number of hydrogen-bond acceptors (Lipinski definition) is 5. The zero-order valence-corrected chi connectivity index (χ0v) is 34.9. The quantitative estimate of drug-likeness (QED) is 0.0889. The van der Waals surface area contributed by atoms with Crippen LogP contribution in [0.15, 0.2) is 36.4 Å². The first-order valence-corrected chi connectivity index (χ1v) is 20.3. The monoisotopic (exact) mass is 719 g/mol. The highest BCUT2D eigenvalue weighted by Gasteiger charge is 2.55. The Kier molecular flexibility index (Phi) is 16.3. The van der Waals surface area contributed by atoms with Gasteiger partial charge in [-0.2, -0.15) is 0 Å². The van der Waals surface area contributed by atoms with E-state index in [1.165, 1.54) is 75.6 Å². The first-order chi connectivity index (χ1) is 24.5. The summed E-state index contributed by atoms with van der Waals surface area (Å²) in [6, 6.07) is 10.9. The minimum atomic E-state index is -0.607. The number of nitrogens with one attached hydrogen (secondary N) is 1. The number of rotatable bonds is 19. The Bertz CT molecular complexity index is 1450. The minimum absolute atomic E-state index is 0.267. The van der Waals surface area contributed by atoms with E-state index in [0.29, 0.717) is 29.2 Å². The van der Waals surface area contributed by atoms with Gasteiger partial charge < -0.3 is 14.0 Å². The molecule has 0 aliphatic carbocycles. The smallest absolute Gasteiger partial charge is 0.494 e. The predicted molar refractivity (Wildman–Crippen MR) is 216 cm³/mol. The maximum atomic E-state index is 14.6. The van der Waals surface area contributed by atoms with Crippen molar-refractivity contribution in [3.05, 3.63) is 58.7 Å². The van der Waals surface area contributed by atoms with Crippen LogP contribution < -0.4 is 15.6 Å². The fraction of sp³-hybridized carbons (Fsp3) is 0.682. The summed E-state index contributed by atoms with van der Waals surface area (Å²) in [5.74, 6) is 0.577. The normalized spacial score (nSPS) is 18.3. The van der Waals surface area contributed by atoms with E-state index in [2.05, 4.69) is 66.9 Å². The van der Waals surface area contributed by atoms with Gasteiger partial charge in [0, 0.05) is 16.7 Å². The van der Waals surface area contributed by atoms with Gasteiger partial charge in [0.2, 0.25) is 0 Å². The highest BCUT2D eigenvalue weighted by Crippen LogP contribution is 2.43. The molecule has 1 saturated heterocycles. The van der Waals surface area contributed by atoms with Gasteiger partial charge in [-0.3, -0.25) is 15.0 Å². The van der Waals surface area contributed by atoms with Crippen molar-refractivity contribution in [3.63, 3.8) is 0 Å². The van der Waals surface area contributed by atoms with Gasteiger partial charge in [-0.1, -0.05) is 130 Å². The molecule has 2 unspecified atom stereocenters. The predicted octanol–water partition coefficient (Wildman–Crippen LogP) is 10.5. The van der Waals surface area contributed by atoms with Crippen molar-refractivity contribution >= 4 is 24.4 Å². The van der Waals surface area contributed by atoms with Gasteiger partial charge in [-0.15, -0.1) is 0 Å². The van der Waals surface area contributed by atoms with Gasteiger partial charge in [0.05, 0.1) is 24.4 Å². The summed E-state index contributed by atoms with van der Waals surface area (Å²) in [7, 11) is 0.981. The molecule has 0 spiro atoms. The molecule has 290 valence electrons. The summed E-state index contributed by atoms with van der Waals surface area (Å²) in [6.45, 7) is 23.2. The molecule has 1 aliphatic heterocycles. The van der Waals surface area contributed by atoms with Gasteiger partial charge in [-0.25, -0.2) is 5.01 Å². The fourth-order valence-corrected chi connectivity index (χ4v) is 7.92. The second-order valence-electron chi connectivity index (χ2n) is 17.1. The van der Waals surface area contributed by atoms with E-state index >= 15 is 0 Å². The lowest BCUT2D eigenvalue weighted by molar-refractivity contribution is -0.0289. The number of ether oxygens (including phenoxy) is 1. The third kappa shape index (κ3) is 11.3. The Labute approximate surface area is 317 Å². The van der Waals surface area contributed by atoms with Crippen LogP contribution in [0.3, 0.4) is 0 Å².